The van der Waals surface area contributed by atoms with Gasteiger partial charge in [-0.2, -0.15) is 14.9 Å². The first-order chi connectivity index (χ1) is 13.5. The highest BCUT2D eigenvalue weighted by Crippen LogP contribution is 2.19. The second-order valence-electron chi connectivity index (χ2n) is 6.41. The number of nitrogens with zero attached hydrogens (tertiary/aromatic N) is 4. The van der Waals surface area contributed by atoms with Crippen molar-refractivity contribution >= 4 is 18.4 Å². The van der Waals surface area contributed by atoms with E-state index in [1.807, 2.05) is 26.0 Å². The third kappa shape index (κ3) is 3.46. The van der Waals surface area contributed by atoms with E-state index >= 15 is 0 Å². The average molecular weight is 395 g/mol. The van der Waals surface area contributed by atoms with E-state index in [1.54, 1.807) is 24.6 Å². The third-order valence-corrected chi connectivity index (χ3v) is 4.84. The van der Waals surface area contributed by atoms with E-state index in [4.69, 9.17) is 16.6 Å². The van der Waals surface area contributed by atoms with Gasteiger partial charge >= 0.3 is 0 Å². The van der Waals surface area contributed by atoms with Crippen molar-refractivity contribution < 1.29 is 8.81 Å². The normalized spacial score (nSPS) is 11.5. The minimum absolute atomic E-state index is 0.308. The summed E-state index contributed by atoms with van der Waals surface area (Å²) in [5.41, 5.74) is 3.85. The van der Waals surface area contributed by atoms with Gasteiger partial charge in [0.2, 0.25) is 4.77 Å². The van der Waals surface area contributed by atoms with Gasteiger partial charge in [-0.25, -0.2) is 9.49 Å². The Balaban J connectivity index is 1.66. The van der Waals surface area contributed by atoms with Gasteiger partial charge in [0.25, 0.3) is 0 Å². The topological polar surface area (TPSA) is 64.0 Å². The van der Waals surface area contributed by atoms with Gasteiger partial charge in [-0.3, -0.25) is 0 Å². The predicted octanol–water partition coefficient (Wildman–Crippen LogP) is 4.69. The summed E-state index contributed by atoms with van der Waals surface area (Å²) in [4.78, 5) is 0. The summed E-state index contributed by atoms with van der Waals surface area (Å²) < 4.78 is 22.7. The maximum Gasteiger partial charge on any atom is 0.216 e. The summed E-state index contributed by atoms with van der Waals surface area (Å²) in [7, 11) is 0. The molecule has 0 aliphatic rings. The Bertz CT molecular complexity index is 1180. The lowest BCUT2D eigenvalue weighted by Gasteiger charge is -2.07. The van der Waals surface area contributed by atoms with E-state index in [9.17, 15) is 4.39 Å². The number of aromatic amines is 1. The number of rotatable bonds is 5. The standard InChI is InChI=1S/C20H18FN5OS/c1-13-10-16(14(2)25(13)12-18-4-3-9-27-18)11-22-26-19(23-24-20(26)28)15-5-7-17(21)8-6-15/h3-11H,12H2,1-2H3,(H,24,28)/b22-11-. The second kappa shape index (κ2) is 7.40. The molecular formula is C20H18FN5OS. The first-order valence-electron chi connectivity index (χ1n) is 8.70. The molecule has 3 aromatic heterocycles. The predicted molar refractivity (Wildman–Crippen MR) is 108 cm³/mol. The first kappa shape index (κ1) is 18.1. The lowest BCUT2D eigenvalue weighted by atomic mass is 10.2. The van der Waals surface area contributed by atoms with Crippen LogP contribution in [-0.4, -0.2) is 25.7 Å². The van der Waals surface area contributed by atoms with Crippen LogP contribution in [0.25, 0.3) is 11.4 Å². The Labute approximate surface area is 165 Å². The molecule has 1 N–H and O–H groups in total. The number of nitrogens with one attached hydrogen (secondary N) is 1. The molecule has 3 heterocycles. The van der Waals surface area contributed by atoms with Gasteiger partial charge in [0.15, 0.2) is 5.82 Å². The van der Waals surface area contributed by atoms with E-state index < -0.39 is 0 Å². The van der Waals surface area contributed by atoms with E-state index in [0.717, 1.165) is 22.7 Å². The Kier molecular flexibility index (Phi) is 4.79. The van der Waals surface area contributed by atoms with Crippen LogP contribution in [0.1, 0.15) is 22.7 Å². The van der Waals surface area contributed by atoms with Crippen molar-refractivity contribution in [1.29, 1.82) is 0 Å². The highest BCUT2D eigenvalue weighted by Gasteiger charge is 2.11. The summed E-state index contributed by atoms with van der Waals surface area (Å²) in [6.07, 6.45) is 3.42. The zero-order chi connectivity index (χ0) is 19.7. The van der Waals surface area contributed by atoms with Crippen LogP contribution in [0.3, 0.4) is 0 Å². The lowest BCUT2D eigenvalue weighted by Crippen LogP contribution is -2.03. The quantitative estimate of drug-likeness (QED) is 0.394. The monoisotopic (exact) mass is 395 g/mol. The van der Waals surface area contributed by atoms with Gasteiger partial charge in [0, 0.05) is 22.5 Å². The zero-order valence-electron chi connectivity index (χ0n) is 15.4. The number of aromatic nitrogens is 4. The van der Waals surface area contributed by atoms with Crippen LogP contribution in [0.4, 0.5) is 4.39 Å². The van der Waals surface area contributed by atoms with Crippen LogP contribution >= 0.6 is 12.2 Å². The van der Waals surface area contributed by atoms with Gasteiger partial charge in [-0.15, -0.1) is 0 Å². The van der Waals surface area contributed by atoms with Gasteiger partial charge in [0.05, 0.1) is 19.0 Å². The van der Waals surface area contributed by atoms with Crippen LogP contribution in [0.15, 0.2) is 58.2 Å². The maximum absolute atomic E-state index is 13.2. The summed E-state index contributed by atoms with van der Waals surface area (Å²) in [6.45, 7) is 4.73. The fraction of sp³-hybridized carbons (Fsp3) is 0.150. The molecule has 0 aliphatic heterocycles. The molecular weight excluding hydrogens is 377 g/mol. The zero-order valence-corrected chi connectivity index (χ0v) is 16.2. The number of furan rings is 1. The Hall–Kier alpha value is -3.26. The number of hydrogen-bond acceptors (Lipinski definition) is 4. The van der Waals surface area contributed by atoms with Crippen LogP contribution in [0.2, 0.25) is 0 Å². The van der Waals surface area contributed by atoms with Crippen molar-refractivity contribution in [3.05, 3.63) is 82.0 Å². The highest BCUT2D eigenvalue weighted by molar-refractivity contribution is 7.71. The summed E-state index contributed by atoms with van der Waals surface area (Å²) in [6, 6.07) is 11.9. The van der Waals surface area contributed by atoms with Gasteiger partial charge in [-0.1, -0.05) is 0 Å². The average Bonchev–Trinajstić information content (AvgIpc) is 3.38. The maximum atomic E-state index is 13.2. The molecule has 6 nitrogen and oxygen atoms in total. The molecule has 28 heavy (non-hydrogen) atoms. The van der Waals surface area contributed by atoms with Crippen LogP contribution in [0.5, 0.6) is 0 Å². The highest BCUT2D eigenvalue weighted by atomic mass is 32.1. The number of aryl methyl sites for hydroxylation is 1. The summed E-state index contributed by atoms with van der Waals surface area (Å²) >= 11 is 5.29. The molecule has 0 aliphatic carbocycles. The van der Waals surface area contributed by atoms with Crippen molar-refractivity contribution in [2.45, 2.75) is 20.4 Å². The molecule has 8 heteroatoms. The number of halogens is 1. The first-order valence-corrected chi connectivity index (χ1v) is 9.10. The lowest BCUT2D eigenvalue weighted by molar-refractivity contribution is 0.489. The fourth-order valence-corrected chi connectivity index (χ4v) is 3.24. The van der Waals surface area contributed by atoms with Gasteiger partial charge < -0.3 is 8.98 Å². The van der Waals surface area contributed by atoms with Crippen molar-refractivity contribution in [2.75, 3.05) is 0 Å². The molecule has 0 atom stereocenters. The molecule has 1 aromatic carbocycles. The minimum Gasteiger partial charge on any atom is -0.467 e. The Morgan fingerprint density at radius 3 is 2.75 bits per heavy atom. The fourth-order valence-electron chi connectivity index (χ4n) is 3.06. The molecule has 0 saturated carbocycles. The van der Waals surface area contributed by atoms with Crippen molar-refractivity contribution in [2.24, 2.45) is 5.10 Å². The number of benzene rings is 1. The molecule has 0 radical (unpaired) electrons. The molecule has 0 amide bonds. The molecule has 0 unspecified atom stereocenters. The van der Waals surface area contributed by atoms with E-state index in [2.05, 4.69) is 25.9 Å². The number of hydrogen-bond donors (Lipinski definition) is 1. The SMILES string of the molecule is Cc1cc(/C=N\n2c(-c3ccc(F)cc3)n[nH]c2=S)c(C)n1Cc1ccco1. The van der Waals surface area contributed by atoms with Crippen molar-refractivity contribution in [3.8, 4) is 11.4 Å². The summed E-state index contributed by atoms with van der Waals surface area (Å²) in [5, 5.41) is 11.5. The largest absolute Gasteiger partial charge is 0.467 e. The minimum atomic E-state index is -0.308. The van der Waals surface area contributed by atoms with Crippen molar-refractivity contribution in [3.63, 3.8) is 0 Å². The second-order valence-corrected chi connectivity index (χ2v) is 6.79. The summed E-state index contributed by atoms with van der Waals surface area (Å²) in [5.74, 6) is 1.10. The van der Waals surface area contributed by atoms with E-state index in [0.29, 0.717) is 22.7 Å². The molecule has 0 saturated heterocycles. The Morgan fingerprint density at radius 1 is 1.25 bits per heavy atom. The Morgan fingerprint density at radius 2 is 2.04 bits per heavy atom. The molecule has 4 aromatic rings. The molecule has 4 rings (SSSR count). The van der Waals surface area contributed by atoms with E-state index in [-0.39, 0.29) is 5.82 Å². The molecule has 0 bridgehead atoms. The van der Waals surface area contributed by atoms with Crippen LogP contribution in [0, 0.1) is 24.4 Å². The van der Waals surface area contributed by atoms with Crippen LogP contribution < -0.4 is 0 Å². The molecule has 142 valence electrons. The smallest absolute Gasteiger partial charge is 0.216 e. The van der Waals surface area contributed by atoms with Gasteiger partial charge in [0.1, 0.15) is 11.6 Å². The molecule has 0 spiro atoms. The molecule has 0 fully saturated rings. The third-order valence-electron chi connectivity index (χ3n) is 4.57. The van der Waals surface area contributed by atoms with Crippen LogP contribution in [-0.2, 0) is 6.54 Å². The van der Waals surface area contributed by atoms with E-state index in [1.165, 1.54) is 16.8 Å². The number of H-pyrrole nitrogens is 1. The van der Waals surface area contributed by atoms with Crippen molar-refractivity contribution in [1.82, 2.24) is 19.4 Å². The van der Waals surface area contributed by atoms with Gasteiger partial charge in [-0.05, 0) is 68.5 Å².